The van der Waals surface area contributed by atoms with Gasteiger partial charge in [-0.25, -0.2) is 0 Å². The number of rotatable bonds is 4. The monoisotopic (exact) mass is 306 g/mol. The molecule has 2 nitrogen and oxygen atoms in total. The summed E-state index contributed by atoms with van der Waals surface area (Å²) in [6.07, 6.45) is 7.11. The van der Waals surface area contributed by atoms with E-state index in [2.05, 4.69) is 44.1 Å². The molecule has 0 saturated carbocycles. The van der Waals surface area contributed by atoms with Gasteiger partial charge in [-0.15, -0.1) is 0 Å². The van der Waals surface area contributed by atoms with Crippen molar-refractivity contribution in [1.82, 2.24) is 9.88 Å². The standard InChI is InChI=1S/C15H19BrN2/c1-17-6-2-4-11-8-12-5-3-7-18-10-14(16)13(9-11)15(12)18/h8-10,17H,2-7H2,1H3. The molecule has 2 aromatic rings. The lowest BCUT2D eigenvalue weighted by Gasteiger charge is -2.16. The molecule has 0 unspecified atom stereocenters. The first-order valence-electron chi connectivity index (χ1n) is 6.74. The number of aryl methyl sites for hydroxylation is 3. The third-order valence-electron chi connectivity index (χ3n) is 3.80. The molecule has 1 aliphatic rings. The molecule has 0 atom stereocenters. The fraction of sp³-hybridized carbons (Fsp3) is 0.467. The number of hydrogen-bond donors (Lipinski definition) is 1. The molecule has 0 spiro atoms. The zero-order chi connectivity index (χ0) is 12.5. The lowest BCUT2D eigenvalue weighted by Crippen LogP contribution is -2.09. The average Bonchev–Trinajstić information content (AvgIpc) is 2.69. The maximum Gasteiger partial charge on any atom is 0.0524 e. The summed E-state index contributed by atoms with van der Waals surface area (Å²) in [6, 6.07) is 4.78. The zero-order valence-corrected chi connectivity index (χ0v) is 12.4. The molecule has 3 rings (SSSR count). The highest BCUT2D eigenvalue weighted by molar-refractivity contribution is 9.10. The Morgan fingerprint density at radius 3 is 3.11 bits per heavy atom. The third kappa shape index (κ3) is 2.10. The van der Waals surface area contributed by atoms with Crippen molar-refractivity contribution < 1.29 is 0 Å². The van der Waals surface area contributed by atoms with Gasteiger partial charge >= 0.3 is 0 Å². The van der Waals surface area contributed by atoms with Gasteiger partial charge in [0.2, 0.25) is 0 Å². The van der Waals surface area contributed by atoms with Gasteiger partial charge in [-0.1, -0.05) is 6.07 Å². The molecular weight excluding hydrogens is 288 g/mol. The van der Waals surface area contributed by atoms with Crippen LogP contribution in [0.1, 0.15) is 24.0 Å². The smallest absolute Gasteiger partial charge is 0.0524 e. The first-order valence-corrected chi connectivity index (χ1v) is 7.53. The Morgan fingerprint density at radius 2 is 2.28 bits per heavy atom. The predicted molar refractivity (Wildman–Crippen MR) is 80.2 cm³/mol. The van der Waals surface area contributed by atoms with Crippen LogP contribution in [0.25, 0.3) is 10.9 Å². The number of nitrogens with zero attached hydrogens (tertiary/aromatic N) is 1. The van der Waals surface area contributed by atoms with Crippen LogP contribution in [0.4, 0.5) is 0 Å². The SMILES string of the molecule is CNCCCc1cc2c3c(c1)c(Br)cn3CCC2. The van der Waals surface area contributed by atoms with Gasteiger partial charge in [0.1, 0.15) is 0 Å². The largest absolute Gasteiger partial charge is 0.346 e. The summed E-state index contributed by atoms with van der Waals surface area (Å²) >= 11 is 3.70. The van der Waals surface area contributed by atoms with E-state index in [1.807, 2.05) is 7.05 Å². The van der Waals surface area contributed by atoms with Gasteiger partial charge in [-0.05, 0) is 72.4 Å². The minimum atomic E-state index is 1.09. The number of aromatic nitrogens is 1. The molecule has 0 bridgehead atoms. The second-order valence-electron chi connectivity index (χ2n) is 5.13. The Labute approximate surface area is 116 Å². The molecule has 96 valence electrons. The third-order valence-corrected chi connectivity index (χ3v) is 4.43. The van der Waals surface area contributed by atoms with E-state index in [-0.39, 0.29) is 0 Å². The molecule has 0 fully saturated rings. The quantitative estimate of drug-likeness (QED) is 0.856. The number of nitrogens with one attached hydrogen (secondary N) is 1. The highest BCUT2D eigenvalue weighted by Crippen LogP contribution is 2.33. The minimum absolute atomic E-state index is 1.09. The molecule has 0 saturated heterocycles. The van der Waals surface area contributed by atoms with Gasteiger partial charge in [-0.3, -0.25) is 0 Å². The first-order chi connectivity index (χ1) is 8.79. The Kier molecular flexibility index (Phi) is 3.44. The van der Waals surface area contributed by atoms with Crippen LogP contribution in [-0.4, -0.2) is 18.2 Å². The second-order valence-corrected chi connectivity index (χ2v) is 5.99. The summed E-state index contributed by atoms with van der Waals surface area (Å²) in [6.45, 7) is 2.25. The number of halogens is 1. The van der Waals surface area contributed by atoms with Gasteiger partial charge in [0, 0.05) is 22.6 Å². The van der Waals surface area contributed by atoms with Gasteiger partial charge in [0.25, 0.3) is 0 Å². The van der Waals surface area contributed by atoms with E-state index in [1.165, 1.54) is 52.2 Å². The van der Waals surface area contributed by atoms with E-state index in [1.54, 1.807) is 0 Å². The van der Waals surface area contributed by atoms with Crippen molar-refractivity contribution in [3.8, 4) is 0 Å². The lowest BCUT2D eigenvalue weighted by atomic mass is 9.98. The topological polar surface area (TPSA) is 17.0 Å². The molecule has 1 aromatic heterocycles. The predicted octanol–water partition coefficient (Wildman–Crippen LogP) is 3.50. The summed E-state index contributed by atoms with van der Waals surface area (Å²) < 4.78 is 3.64. The maximum absolute atomic E-state index is 3.70. The Balaban J connectivity index is 2.01. The Hall–Kier alpha value is -0.800. The maximum atomic E-state index is 3.70. The summed E-state index contributed by atoms with van der Waals surface area (Å²) in [5.41, 5.74) is 4.46. The zero-order valence-electron chi connectivity index (χ0n) is 10.8. The van der Waals surface area contributed by atoms with Gasteiger partial charge in [0.05, 0.1) is 5.52 Å². The molecule has 0 amide bonds. The van der Waals surface area contributed by atoms with Crippen molar-refractivity contribution in [1.29, 1.82) is 0 Å². The van der Waals surface area contributed by atoms with E-state index < -0.39 is 0 Å². The number of benzene rings is 1. The second kappa shape index (κ2) is 5.06. The van der Waals surface area contributed by atoms with Crippen LogP contribution in [-0.2, 0) is 19.4 Å². The fourth-order valence-electron chi connectivity index (χ4n) is 2.97. The highest BCUT2D eigenvalue weighted by Gasteiger charge is 2.16. The van der Waals surface area contributed by atoms with E-state index in [0.717, 1.165) is 13.1 Å². The van der Waals surface area contributed by atoms with Crippen LogP contribution in [0.2, 0.25) is 0 Å². The Morgan fingerprint density at radius 1 is 1.39 bits per heavy atom. The van der Waals surface area contributed by atoms with Crippen molar-refractivity contribution in [2.45, 2.75) is 32.2 Å². The fourth-order valence-corrected chi connectivity index (χ4v) is 3.52. The van der Waals surface area contributed by atoms with Crippen LogP contribution < -0.4 is 5.32 Å². The summed E-state index contributed by atoms with van der Waals surface area (Å²) in [7, 11) is 2.02. The van der Waals surface area contributed by atoms with Gasteiger partial charge in [-0.2, -0.15) is 0 Å². The molecule has 3 heteroatoms. The molecule has 0 radical (unpaired) electrons. The summed E-state index contributed by atoms with van der Waals surface area (Å²) in [5.74, 6) is 0. The molecular formula is C15H19BrN2. The van der Waals surface area contributed by atoms with Crippen LogP contribution in [0.3, 0.4) is 0 Å². The number of hydrogen-bond acceptors (Lipinski definition) is 1. The molecule has 18 heavy (non-hydrogen) atoms. The minimum Gasteiger partial charge on any atom is -0.346 e. The summed E-state index contributed by atoms with van der Waals surface area (Å²) in [4.78, 5) is 0. The van der Waals surface area contributed by atoms with Crippen molar-refractivity contribution in [2.24, 2.45) is 0 Å². The molecule has 0 aliphatic carbocycles. The van der Waals surface area contributed by atoms with Crippen molar-refractivity contribution >= 4 is 26.8 Å². The van der Waals surface area contributed by atoms with Gasteiger partial charge in [0.15, 0.2) is 0 Å². The molecule has 2 heterocycles. The molecule has 1 N–H and O–H groups in total. The van der Waals surface area contributed by atoms with E-state index in [4.69, 9.17) is 0 Å². The van der Waals surface area contributed by atoms with Crippen LogP contribution in [0, 0.1) is 0 Å². The first kappa shape index (κ1) is 12.2. The van der Waals surface area contributed by atoms with Crippen LogP contribution in [0.15, 0.2) is 22.8 Å². The van der Waals surface area contributed by atoms with E-state index in [9.17, 15) is 0 Å². The lowest BCUT2D eigenvalue weighted by molar-refractivity contribution is 0.634. The van der Waals surface area contributed by atoms with Gasteiger partial charge < -0.3 is 9.88 Å². The van der Waals surface area contributed by atoms with Crippen LogP contribution >= 0.6 is 15.9 Å². The normalized spacial score (nSPS) is 14.3. The highest BCUT2D eigenvalue weighted by atomic mass is 79.9. The van der Waals surface area contributed by atoms with E-state index >= 15 is 0 Å². The van der Waals surface area contributed by atoms with Crippen LogP contribution in [0.5, 0.6) is 0 Å². The van der Waals surface area contributed by atoms with Crippen molar-refractivity contribution in [3.63, 3.8) is 0 Å². The summed E-state index contributed by atoms with van der Waals surface area (Å²) in [5, 5.41) is 4.61. The van der Waals surface area contributed by atoms with E-state index in [0.29, 0.717) is 0 Å². The Bertz CT molecular complexity index is 571. The van der Waals surface area contributed by atoms with Crippen molar-refractivity contribution in [3.05, 3.63) is 33.9 Å². The molecule has 1 aliphatic heterocycles. The van der Waals surface area contributed by atoms with Crippen molar-refractivity contribution in [2.75, 3.05) is 13.6 Å². The molecule has 1 aromatic carbocycles. The average molecular weight is 307 g/mol.